The van der Waals surface area contributed by atoms with Crippen LogP contribution in [0.3, 0.4) is 0 Å². The first-order valence-corrected chi connectivity index (χ1v) is 7.56. The molecule has 0 saturated carbocycles. The molecule has 1 aromatic rings. The molecule has 1 heterocycles. The van der Waals surface area contributed by atoms with Crippen LogP contribution in [-0.2, 0) is 0 Å². The monoisotopic (exact) mass is 371 g/mol. The number of hydrogen-bond donors (Lipinski definition) is 3. The van der Waals surface area contributed by atoms with Crippen LogP contribution in [0.2, 0.25) is 0 Å². The molecule has 0 aromatic heterocycles. The third-order valence-electron chi connectivity index (χ3n) is 3.68. The van der Waals surface area contributed by atoms with Crippen molar-refractivity contribution in [1.29, 1.82) is 0 Å². The van der Waals surface area contributed by atoms with Crippen LogP contribution in [0, 0.1) is 30.3 Å². The van der Waals surface area contributed by atoms with Crippen LogP contribution in [-0.4, -0.2) is 44.0 Å². The number of benzene rings is 1. The maximum Gasteiger partial charge on any atom is 0.324 e. The van der Waals surface area contributed by atoms with Crippen LogP contribution in [0.15, 0.2) is 12.1 Å². The highest BCUT2D eigenvalue weighted by Crippen LogP contribution is 2.38. The van der Waals surface area contributed by atoms with Gasteiger partial charge in [-0.3, -0.25) is 30.3 Å². The third-order valence-corrected chi connectivity index (χ3v) is 3.68. The lowest BCUT2D eigenvalue weighted by atomic mass is 9.95. The molecule has 0 amide bonds. The molecule has 144 valence electrons. The maximum atomic E-state index is 10.4. The number of phenolic OH excluding ortho intramolecular Hbond substituents is 1. The minimum atomic E-state index is -1.21. The Morgan fingerprint density at radius 3 is 1.42 bits per heavy atom. The van der Waals surface area contributed by atoms with Gasteiger partial charge in [0.05, 0.1) is 26.9 Å². The van der Waals surface area contributed by atoms with Crippen LogP contribution >= 0.6 is 0 Å². The molecule has 0 aliphatic carbocycles. The minimum absolute atomic E-state index is 0.273. The standard InChI is InChI=1S/C8H18N2.C6H3N3O7/c1-7(2)5-10-8(3,4)6-9-7;10-6-4(8(13)14)1-3(7(11)12)2-5(6)9(15)16/h9-10H,5-6H2,1-4H3;1-2,10H. The van der Waals surface area contributed by atoms with Crippen molar-refractivity contribution in [2.45, 2.75) is 38.8 Å². The Bertz CT molecular complexity index is 669. The van der Waals surface area contributed by atoms with Gasteiger partial charge in [-0.15, -0.1) is 0 Å². The second-order valence-corrected chi connectivity index (χ2v) is 7.08. The summed E-state index contributed by atoms with van der Waals surface area (Å²) >= 11 is 0. The Labute approximate surface area is 148 Å². The number of phenols is 1. The summed E-state index contributed by atoms with van der Waals surface area (Å²) in [5.41, 5.74) is -2.46. The van der Waals surface area contributed by atoms with Crippen LogP contribution in [0.4, 0.5) is 17.1 Å². The molecule has 12 heteroatoms. The quantitative estimate of drug-likeness (QED) is 0.529. The molecule has 26 heavy (non-hydrogen) atoms. The topological polar surface area (TPSA) is 174 Å². The van der Waals surface area contributed by atoms with Crippen molar-refractivity contribution in [3.05, 3.63) is 42.5 Å². The zero-order chi connectivity index (χ0) is 20.3. The van der Waals surface area contributed by atoms with Gasteiger partial charge in [-0.2, -0.15) is 0 Å². The van der Waals surface area contributed by atoms with Gasteiger partial charge < -0.3 is 15.7 Å². The fourth-order valence-electron chi connectivity index (χ4n) is 2.02. The summed E-state index contributed by atoms with van der Waals surface area (Å²) in [7, 11) is 0. The average Bonchev–Trinajstić information content (AvgIpc) is 2.51. The van der Waals surface area contributed by atoms with E-state index in [9.17, 15) is 30.3 Å². The summed E-state index contributed by atoms with van der Waals surface area (Å²) in [5.74, 6) is -1.21. The number of aromatic hydroxyl groups is 1. The zero-order valence-electron chi connectivity index (χ0n) is 14.8. The number of rotatable bonds is 3. The number of hydrogen-bond acceptors (Lipinski definition) is 9. The van der Waals surface area contributed by atoms with Gasteiger partial charge in [0.15, 0.2) is 0 Å². The number of non-ortho nitro benzene ring substituents is 1. The highest BCUT2D eigenvalue weighted by Gasteiger charge is 2.30. The summed E-state index contributed by atoms with van der Waals surface area (Å²) < 4.78 is 0. The van der Waals surface area contributed by atoms with E-state index >= 15 is 0 Å². The molecule has 0 bridgehead atoms. The summed E-state index contributed by atoms with van der Waals surface area (Å²) in [4.78, 5) is 27.8. The van der Waals surface area contributed by atoms with Gasteiger partial charge in [-0.05, 0) is 27.7 Å². The van der Waals surface area contributed by atoms with Crippen molar-refractivity contribution in [1.82, 2.24) is 10.6 Å². The predicted octanol–water partition coefficient (Wildman–Crippen LogP) is 1.85. The van der Waals surface area contributed by atoms with Gasteiger partial charge in [0, 0.05) is 24.2 Å². The van der Waals surface area contributed by atoms with Gasteiger partial charge in [0.1, 0.15) is 0 Å². The highest BCUT2D eigenvalue weighted by molar-refractivity contribution is 5.64. The van der Waals surface area contributed by atoms with E-state index < -0.39 is 37.6 Å². The third kappa shape index (κ3) is 5.60. The molecule has 0 spiro atoms. The maximum absolute atomic E-state index is 10.4. The molecule has 0 radical (unpaired) electrons. The van der Waals surface area contributed by atoms with Crippen molar-refractivity contribution in [2.75, 3.05) is 13.1 Å². The molecule has 1 aliphatic heterocycles. The Balaban J connectivity index is 0.000000289. The van der Waals surface area contributed by atoms with Crippen molar-refractivity contribution in [2.24, 2.45) is 0 Å². The van der Waals surface area contributed by atoms with E-state index in [1.54, 1.807) is 0 Å². The van der Waals surface area contributed by atoms with E-state index in [2.05, 4.69) is 38.3 Å². The second kappa shape index (κ2) is 7.58. The number of nitro benzene ring substituents is 3. The van der Waals surface area contributed by atoms with E-state index in [1.807, 2.05) is 0 Å². The number of nitro groups is 3. The van der Waals surface area contributed by atoms with E-state index in [-0.39, 0.29) is 11.1 Å². The minimum Gasteiger partial charge on any atom is -0.497 e. The molecule has 0 atom stereocenters. The molecule has 1 saturated heterocycles. The first-order chi connectivity index (χ1) is 11.8. The van der Waals surface area contributed by atoms with Crippen LogP contribution in [0.5, 0.6) is 5.75 Å². The molecular weight excluding hydrogens is 350 g/mol. The summed E-state index contributed by atoms with van der Waals surface area (Å²) in [6, 6.07) is 0.894. The highest BCUT2D eigenvalue weighted by atomic mass is 16.6. The molecule has 1 aromatic carbocycles. The molecule has 12 nitrogen and oxygen atoms in total. The van der Waals surface area contributed by atoms with E-state index in [0.29, 0.717) is 12.1 Å². The molecular formula is C14H21N5O7. The first kappa shape index (κ1) is 21.2. The molecule has 3 N–H and O–H groups in total. The van der Waals surface area contributed by atoms with Crippen molar-refractivity contribution in [3.8, 4) is 5.75 Å². The van der Waals surface area contributed by atoms with Crippen LogP contribution < -0.4 is 10.6 Å². The molecule has 2 rings (SSSR count). The van der Waals surface area contributed by atoms with Gasteiger partial charge in [-0.25, -0.2) is 0 Å². The van der Waals surface area contributed by atoms with E-state index in [0.717, 1.165) is 13.1 Å². The predicted molar refractivity (Wildman–Crippen MR) is 92.2 cm³/mol. The van der Waals surface area contributed by atoms with Gasteiger partial charge >= 0.3 is 11.4 Å². The number of piperazine rings is 1. The molecule has 1 aliphatic rings. The lowest BCUT2D eigenvalue weighted by molar-refractivity contribution is -0.404. The Hall–Kier alpha value is -2.86. The van der Waals surface area contributed by atoms with Crippen LogP contribution in [0.1, 0.15) is 27.7 Å². The fourth-order valence-corrected chi connectivity index (χ4v) is 2.02. The fraction of sp³-hybridized carbons (Fsp3) is 0.571. The van der Waals surface area contributed by atoms with E-state index in [1.165, 1.54) is 0 Å². The largest absolute Gasteiger partial charge is 0.497 e. The van der Waals surface area contributed by atoms with Gasteiger partial charge in [0.2, 0.25) is 0 Å². The molecule has 0 unspecified atom stereocenters. The zero-order valence-corrected chi connectivity index (χ0v) is 14.8. The number of nitrogens with zero attached hydrogens (tertiary/aromatic N) is 3. The van der Waals surface area contributed by atoms with Gasteiger partial charge in [0.25, 0.3) is 11.4 Å². The van der Waals surface area contributed by atoms with Crippen molar-refractivity contribution < 1.29 is 19.9 Å². The van der Waals surface area contributed by atoms with Crippen molar-refractivity contribution >= 4 is 17.1 Å². The van der Waals surface area contributed by atoms with Crippen LogP contribution in [0.25, 0.3) is 0 Å². The second-order valence-electron chi connectivity index (χ2n) is 7.08. The SMILES string of the molecule is CC1(C)CNC(C)(C)CN1.O=[N+]([O-])c1cc([N+](=O)[O-])c(O)c([N+](=O)[O-])c1. The lowest BCUT2D eigenvalue weighted by Crippen LogP contribution is -2.64. The first-order valence-electron chi connectivity index (χ1n) is 7.56. The molecule has 1 fully saturated rings. The lowest BCUT2D eigenvalue weighted by Gasteiger charge is -2.41. The normalized spacial score (nSPS) is 17.5. The Morgan fingerprint density at radius 1 is 0.846 bits per heavy atom. The Morgan fingerprint density at radius 2 is 1.19 bits per heavy atom. The summed E-state index contributed by atoms with van der Waals surface area (Å²) in [6.07, 6.45) is 0. The average molecular weight is 371 g/mol. The smallest absolute Gasteiger partial charge is 0.324 e. The van der Waals surface area contributed by atoms with Crippen molar-refractivity contribution in [3.63, 3.8) is 0 Å². The Kier molecular flexibility index (Phi) is 6.17. The summed E-state index contributed by atoms with van der Waals surface area (Å²) in [5, 5.41) is 47.2. The van der Waals surface area contributed by atoms with Gasteiger partial charge in [-0.1, -0.05) is 0 Å². The summed E-state index contributed by atoms with van der Waals surface area (Å²) in [6.45, 7) is 11.0. The van der Waals surface area contributed by atoms with E-state index in [4.69, 9.17) is 5.11 Å². The number of nitrogens with one attached hydrogen (secondary N) is 2.